The monoisotopic (exact) mass is 222 g/mol. The number of hydrogen-bond donors (Lipinski definition) is 2. The normalized spacial score (nSPS) is 26.7. The van der Waals surface area contributed by atoms with E-state index in [0.717, 1.165) is 50.4 Å². The van der Waals surface area contributed by atoms with Gasteiger partial charge in [-0.1, -0.05) is 0 Å². The second-order valence-corrected chi connectivity index (χ2v) is 4.80. The average Bonchev–Trinajstić information content (AvgIpc) is 2.73. The predicted octanol–water partition coefficient (Wildman–Crippen LogP) is 0.0522. The summed E-state index contributed by atoms with van der Waals surface area (Å²) >= 11 is 0. The zero-order chi connectivity index (χ0) is 11.0. The molecule has 1 unspecified atom stereocenters. The van der Waals surface area contributed by atoms with Crippen LogP contribution in [0.25, 0.3) is 0 Å². The number of aromatic nitrogens is 3. The third-order valence-corrected chi connectivity index (χ3v) is 3.65. The van der Waals surface area contributed by atoms with Gasteiger partial charge in [0.2, 0.25) is 0 Å². The van der Waals surface area contributed by atoms with Crippen molar-refractivity contribution in [1.82, 2.24) is 20.1 Å². The van der Waals surface area contributed by atoms with E-state index in [4.69, 9.17) is 0 Å². The molecule has 0 spiro atoms. The fourth-order valence-electron chi connectivity index (χ4n) is 2.71. The van der Waals surface area contributed by atoms with Crippen molar-refractivity contribution in [3.05, 3.63) is 11.6 Å². The van der Waals surface area contributed by atoms with Gasteiger partial charge in [-0.3, -0.25) is 0 Å². The largest absolute Gasteiger partial charge is 0.391 e. The topological polar surface area (TPSA) is 63.0 Å². The number of hydrogen-bond acceptors (Lipinski definition) is 4. The molecular formula is C11H18N4O. The molecule has 1 aromatic heterocycles. The molecule has 1 atom stereocenters. The van der Waals surface area contributed by atoms with Crippen LogP contribution in [-0.4, -0.2) is 39.1 Å². The maximum Gasteiger partial charge on any atom is 0.136 e. The van der Waals surface area contributed by atoms with Gasteiger partial charge in [0.15, 0.2) is 0 Å². The van der Waals surface area contributed by atoms with Crippen LogP contribution in [0, 0.1) is 0 Å². The molecule has 5 heteroatoms. The minimum atomic E-state index is -0.219. The van der Waals surface area contributed by atoms with Crippen molar-refractivity contribution in [2.75, 3.05) is 13.1 Å². The molecule has 1 aromatic rings. The first kappa shape index (κ1) is 10.2. The number of piperidine rings is 1. The first-order valence-corrected chi connectivity index (χ1v) is 6.15. The lowest BCUT2D eigenvalue weighted by atomic mass is 9.96. The van der Waals surface area contributed by atoms with E-state index in [-0.39, 0.29) is 6.10 Å². The maximum absolute atomic E-state index is 9.71. The Balaban J connectivity index is 1.86. The quantitative estimate of drug-likeness (QED) is 0.705. The van der Waals surface area contributed by atoms with Gasteiger partial charge in [0.1, 0.15) is 11.6 Å². The van der Waals surface area contributed by atoms with Crippen LogP contribution in [-0.2, 0) is 13.0 Å². The van der Waals surface area contributed by atoms with Crippen LogP contribution in [0.4, 0.5) is 0 Å². The summed E-state index contributed by atoms with van der Waals surface area (Å²) in [5, 5.41) is 21.6. The fraction of sp³-hybridized carbons (Fsp3) is 0.818. The highest BCUT2D eigenvalue weighted by atomic mass is 16.3. The maximum atomic E-state index is 9.71. The zero-order valence-electron chi connectivity index (χ0n) is 9.39. The van der Waals surface area contributed by atoms with Gasteiger partial charge in [-0.2, -0.15) is 0 Å². The van der Waals surface area contributed by atoms with Gasteiger partial charge in [-0.25, -0.2) is 0 Å². The number of aliphatic hydroxyl groups excluding tert-OH is 1. The standard InChI is InChI=1S/C11H18N4O/c16-9-1-2-10-13-14-11(15(10)7-9)8-3-5-12-6-4-8/h8-9,12,16H,1-7H2. The van der Waals surface area contributed by atoms with Gasteiger partial charge >= 0.3 is 0 Å². The summed E-state index contributed by atoms with van der Waals surface area (Å²) in [5.74, 6) is 2.67. The van der Waals surface area contributed by atoms with E-state index in [0.29, 0.717) is 12.5 Å². The number of nitrogens with one attached hydrogen (secondary N) is 1. The molecule has 3 rings (SSSR count). The van der Waals surface area contributed by atoms with E-state index >= 15 is 0 Å². The van der Waals surface area contributed by atoms with Gasteiger partial charge in [0.25, 0.3) is 0 Å². The Morgan fingerprint density at radius 3 is 2.81 bits per heavy atom. The number of aryl methyl sites for hydroxylation is 1. The molecule has 1 saturated heterocycles. The molecule has 5 nitrogen and oxygen atoms in total. The molecule has 3 heterocycles. The van der Waals surface area contributed by atoms with E-state index in [2.05, 4.69) is 20.1 Å². The van der Waals surface area contributed by atoms with Gasteiger partial charge in [-0.05, 0) is 32.4 Å². The van der Waals surface area contributed by atoms with Gasteiger partial charge in [0, 0.05) is 12.3 Å². The van der Waals surface area contributed by atoms with Crippen LogP contribution < -0.4 is 5.32 Å². The number of fused-ring (bicyclic) bond motifs is 1. The first-order chi connectivity index (χ1) is 7.84. The minimum Gasteiger partial charge on any atom is -0.391 e. The van der Waals surface area contributed by atoms with Crippen molar-refractivity contribution >= 4 is 0 Å². The number of rotatable bonds is 1. The van der Waals surface area contributed by atoms with Gasteiger partial charge < -0.3 is 15.0 Å². The van der Waals surface area contributed by atoms with Crippen molar-refractivity contribution < 1.29 is 5.11 Å². The SMILES string of the molecule is OC1CCc2nnc(C3CCNCC3)n2C1. The zero-order valence-corrected chi connectivity index (χ0v) is 9.39. The third kappa shape index (κ3) is 1.74. The second-order valence-electron chi connectivity index (χ2n) is 4.80. The Hall–Kier alpha value is -0.940. The predicted molar refractivity (Wildman–Crippen MR) is 59.2 cm³/mol. The van der Waals surface area contributed by atoms with Crippen molar-refractivity contribution in [1.29, 1.82) is 0 Å². The molecule has 88 valence electrons. The van der Waals surface area contributed by atoms with E-state index in [1.54, 1.807) is 0 Å². The third-order valence-electron chi connectivity index (χ3n) is 3.65. The lowest BCUT2D eigenvalue weighted by molar-refractivity contribution is 0.128. The lowest BCUT2D eigenvalue weighted by Gasteiger charge is -2.25. The van der Waals surface area contributed by atoms with E-state index < -0.39 is 0 Å². The molecular weight excluding hydrogens is 204 g/mol. The molecule has 0 saturated carbocycles. The van der Waals surface area contributed by atoms with E-state index in [9.17, 15) is 5.11 Å². The summed E-state index contributed by atoms with van der Waals surface area (Å²) in [5.41, 5.74) is 0. The first-order valence-electron chi connectivity index (χ1n) is 6.15. The summed E-state index contributed by atoms with van der Waals surface area (Å²) in [7, 11) is 0. The van der Waals surface area contributed by atoms with Crippen LogP contribution in [0.15, 0.2) is 0 Å². The molecule has 0 radical (unpaired) electrons. The highest BCUT2D eigenvalue weighted by Crippen LogP contribution is 2.26. The average molecular weight is 222 g/mol. The highest BCUT2D eigenvalue weighted by molar-refractivity contribution is 5.06. The Bertz CT molecular complexity index is 370. The van der Waals surface area contributed by atoms with Crippen LogP contribution in [0.2, 0.25) is 0 Å². The lowest BCUT2D eigenvalue weighted by Crippen LogP contribution is -2.30. The Morgan fingerprint density at radius 1 is 1.19 bits per heavy atom. The van der Waals surface area contributed by atoms with E-state index in [1.165, 1.54) is 0 Å². The Kier molecular flexibility index (Phi) is 2.65. The minimum absolute atomic E-state index is 0.219. The molecule has 16 heavy (non-hydrogen) atoms. The molecule has 2 N–H and O–H groups in total. The molecule has 1 fully saturated rings. The van der Waals surface area contributed by atoms with Crippen molar-refractivity contribution in [2.45, 2.75) is 44.2 Å². The van der Waals surface area contributed by atoms with Crippen LogP contribution in [0.5, 0.6) is 0 Å². The number of aliphatic hydroxyl groups is 1. The van der Waals surface area contributed by atoms with Crippen molar-refractivity contribution in [3.8, 4) is 0 Å². The molecule has 0 amide bonds. The van der Waals surface area contributed by atoms with Crippen LogP contribution >= 0.6 is 0 Å². The molecule has 0 aliphatic carbocycles. The van der Waals surface area contributed by atoms with Gasteiger partial charge in [-0.15, -0.1) is 10.2 Å². The summed E-state index contributed by atoms with van der Waals surface area (Å²) in [6.45, 7) is 2.81. The summed E-state index contributed by atoms with van der Waals surface area (Å²) in [4.78, 5) is 0. The van der Waals surface area contributed by atoms with Crippen molar-refractivity contribution in [2.24, 2.45) is 0 Å². The van der Waals surface area contributed by atoms with E-state index in [1.807, 2.05) is 0 Å². The molecule has 0 bridgehead atoms. The highest BCUT2D eigenvalue weighted by Gasteiger charge is 2.26. The smallest absolute Gasteiger partial charge is 0.136 e. The summed E-state index contributed by atoms with van der Waals surface area (Å²) in [6, 6.07) is 0. The van der Waals surface area contributed by atoms with Gasteiger partial charge in [0.05, 0.1) is 12.6 Å². The van der Waals surface area contributed by atoms with Crippen molar-refractivity contribution in [3.63, 3.8) is 0 Å². The number of nitrogens with zero attached hydrogens (tertiary/aromatic N) is 3. The van der Waals surface area contributed by atoms with Crippen LogP contribution in [0.3, 0.4) is 0 Å². The summed E-state index contributed by atoms with van der Waals surface area (Å²) in [6.07, 6.45) is 3.73. The van der Waals surface area contributed by atoms with Crippen LogP contribution in [0.1, 0.15) is 36.8 Å². The molecule has 2 aliphatic rings. The second kappa shape index (κ2) is 4.14. The molecule has 0 aromatic carbocycles. The fourth-order valence-corrected chi connectivity index (χ4v) is 2.71. The molecule has 2 aliphatic heterocycles. The summed E-state index contributed by atoms with van der Waals surface area (Å²) < 4.78 is 2.14. The Labute approximate surface area is 94.9 Å². The Morgan fingerprint density at radius 2 is 2.00 bits per heavy atom.